The van der Waals surface area contributed by atoms with Crippen molar-refractivity contribution in [1.29, 1.82) is 0 Å². The van der Waals surface area contributed by atoms with E-state index in [1.807, 2.05) is 23.0 Å². The predicted molar refractivity (Wildman–Crippen MR) is 71.0 cm³/mol. The molecule has 1 atom stereocenters. The van der Waals surface area contributed by atoms with Gasteiger partial charge in [0.25, 0.3) is 0 Å². The molecule has 18 heavy (non-hydrogen) atoms. The fourth-order valence-electron chi connectivity index (χ4n) is 1.70. The van der Waals surface area contributed by atoms with Crippen LogP contribution in [0.4, 0.5) is 10.1 Å². The third-order valence-corrected chi connectivity index (χ3v) is 3.00. The summed E-state index contributed by atoms with van der Waals surface area (Å²) in [4.78, 5) is 0. The molecule has 0 spiro atoms. The van der Waals surface area contributed by atoms with Crippen molar-refractivity contribution < 1.29 is 4.39 Å². The third-order valence-electron chi connectivity index (χ3n) is 3.00. The molecule has 96 valence electrons. The molecule has 0 saturated heterocycles. The second kappa shape index (κ2) is 5.67. The van der Waals surface area contributed by atoms with Gasteiger partial charge in [0.05, 0.1) is 12.2 Å². The van der Waals surface area contributed by atoms with E-state index in [9.17, 15) is 4.39 Å². The largest absolute Gasteiger partial charge is 0.379 e. The number of halogens is 1. The molecular formula is C14H18FN3. The van der Waals surface area contributed by atoms with Crippen molar-refractivity contribution >= 4 is 5.69 Å². The number of hydrogen-bond donors (Lipinski definition) is 1. The van der Waals surface area contributed by atoms with Crippen LogP contribution in [0, 0.1) is 5.82 Å². The Morgan fingerprint density at radius 1 is 1.39 bits per heavy atom. The number of benzene rings is 1. The van der Waals surface area contributed by atoms with Gasteiger partial charge in [-0.25, -0.2) is 4.39 Å². The summed E-state index contributed by atoms with van der Waals surface area (Å²) in [5, 5.41) is 7.64. The van der Waals surface area contributed by atoms with Gasteiger partial charge in [-0.15, -0.1) is 0 Å². The van der Waals surface area contributed by atoms with Gasteiger partial charge in [0.2, 0.25) is 0 Å². The third kappa shape index (κ3) is 3.09. The highest BCUT2D eigenvalue weighted by Gasteiger charge is 2.04. The van der Waals surface area contributed by atoms with Gasteiger partial charge in [-0.3, -0.25) is 4.68 Å². The summed E-state index contributed by atoms with van der Waals surface area (Å²) >= 11 is 0. The first-order valence-corrected chi connectivity index (χ1v) is 6.22. The van der Waals surface area contributed by atoms with Crippen LogP contribution in [0.2, 0.25) is 0 Å². The molecule has 2 aromatic rings. The molecule has 3 nitrogen and oxygen atoms in total. The molecule has 0 amide bonds. The molecule has 0 aliphatic carbocycles. The van der Waals surface area contributed by atoms with Crippen LogP contribution in [0.25, 0.3) is 0 Å². The summed E-state index contributed by atoms with van der Waals surface area (Å²) in [6.45, 7) is 4.88. The Kier molecular flexibility index (Phi) is 3.97. The molecule has 0 radical (unpaired) electrons. The van der Waals surface area contributed by atoms with Crippen LogP contribution in [0.5, 0.6) is 0 Å². The molecule has 2 rings (SSSR count). The quantitative estimate of drug-likeness (QED) is 0.874. The maximum atomic E-state index is 13.0. The van der Waals surface area contributed by atoms with Gasteiger partial charge < -0.3 is 5.32 Å². The summed E-state index contributed by atoms with van der Waals surface area (Å²) in [6, 6.07) is 8.84. The Morgan fingerprint density at radius 3 is 2.94 bits per heavy atom. The molecule has 0 bridgehead atoms. The maximum Gasteiger partial charge on any atom is 0.125 e. The van der Waals surface area contributed by atoms with Gasteiger partial charge in [0.1, 0.15) is 5.82 Å². The maximum absolute atomic E-state index is 13.0. The van der Waals surface area contributed by atoms with Gasteiger partial charge >= 0.3 is 0 Å². The van der Waals surface area contributed by atoms with Crippen molar-refractivity contribution in [1.82, 2.24) is 9.78 Å². The minimum absolute atomic E-state index is 0.231. The van der Waals surface area contributed by atoms with Crippen LogP contribution in [0.15, 0.2) is 36.5 Å². The highest BCUT2D eigenvalue weighted by Crippen LogP contribution is 2.12. The number of hydrogen-bond acceptors (Lipinski definition) is 2. The second-order valence-corrected chi connectivity index (χ2v) is 4.41. The summed E-state index contributed by atoms with van der Waals surface area (Å²) in [6.07, 6.45) is 3.04. The van der Waals surface area contributed by atoms with E-state index in [0.29, 0.717) is 12.6 Å². The number of anilines is 1. The van der Waals surface area contributed by atoms with Crippen LogP contribution in [-0.2, 0) is 6.54 Å². The molecule has 1 aromatic heterocycles. The van der Waals surface area contributed by atoms with E-state index >= 15 is 0 Å². The molecule has 1 N–H and O–H groups in total. The average molecular weight is 247 g/mol. The molecule has 0 fully saturated rings. The van der Waals surface area contributed by atoms with Crippen molar-refractivity contribution in [3.8, 4) is 0 Å². The molecule has 0 aliphatic rings. The van der Waals surface area contributed by atoms with Gasteiger partial charge in [-0.05, 0) is 37.6 Å². The van der Waals surface area contributed by atoms with E-state index in [1.54, 1.807) is 6.07 Å². The fourth-order valence-corrected chi connectivity index (χ4v) is 1.70. The Labute approximate surface area is 107 Å². The minimum atomic E-state index is -0.231. The highest BCUT2D eigenvalue weighted by atomic mass is 19.1. The van der Waals surface area contributed by atoms with E-state index < -0.39 is 0 Å². The lowest BCUT2D eigenvalue weighted by Crippen LogP contribution is -2.06. The Bertz CT molecular complexity index is 507. The highest BCUT2D eigenvalue weighted by molar-refractivity contribution is 5.43. The summed E-state index contributed by atoms with van der Waals surface area (Å²) < 4.78 is 14.9. The van der Waals surface area contributed by atoms with Crippen molar-refractivity contribution in [3.05, 3.63) is 48.0 Å². The molecule has 0 aliphatic heterocycles. The SMILES string of the molecule is CCC(C)n1ccc(CNc2cccc(F)c2)n1. The summed E-state index contributed by atoms with van der Waals surface area (Å²) in [7, 11) is 0. The molecule has 4 heteroatoms. The lowest BCUT2D eigenvalue weighted by Gasteiger charge is -2.08. The van der Waals surface area contributed by atoms with Gasteiger partial charge in [-0.2, -0.15) is 5.10 Å². The lowest BCUT2D eigenvalue weighted by molar-refractivity contribution is 0.474. The molecule has 1 heterocycles. The van der Waals surface area contributed by atoms with Crippen molar-refractivity contribution in [2.45, 2.75) is 32.9 Å². The van der Waals surface area contributed by atoms with Crippen LogP contribution in [0.3, 0.4) is 0 Å². The Balaban J connectivity index is 1.96. The van der Waals surface area contributed by atoms with E-state index in [1.165, 1.54) is 12.1 Å². The Morgan fingerprint density at radius 2 is 2.22 bits per heavy atom. The van der Waals surface area contributed by atoms with E-state index in [-0.39, 0.29) is 5.82 Å². The monoisotopic (exact) mass is 247 g/mol. The van der Waals surface area contributed by atoms with Gasteiger partial charge in [0.15, 0.2) is 0 Å². The summed E-state index contributed by atoms with van der Waals surface area (Å²) in [5.41, 5.74) is 1.73. The number of rotatable bonds is 5. The van der Waals surface area contributed by atoms with Crippen LogP contribution < -0.4 is 5.32 Å². The van der Waals surface area contributed by atoms with Crippen LogP contribution in [-0.4, -0.2) is 9.78 Å². The van der Waals surface area contributed by atoms with Crippen molar-refractivity contribution in [3.63, 3.8) is 0 Å². The topological polar surface area (TPSA) is 29.9 Å². The standard InChI is InChI=1S/C14H18FN3/c1-3-11(2)18-8-7-14(17-18)10-16-13-6-4-5-12(15)9-13/h4-9,11,16H,3,10H2,1-2H3. The smallest absolute Gasteiger partial charge is 0.125 e. The molecular weight excluding hydrogens is 229 g/mol. The Hall–Kier alpha value is -1.84. The fraction of sp³-hybridized carbons (Fsp3) is 0.357. The minimum Gasteiger partial charge on any atom is -0.379 e. The van der Waals surface area contributed by atoms with E-state index in [2.05, 4.69) is 24.3 Å². The van der Waals surface area contributed by atoms with Crippen molar-refractivity contribution in [2.24, 2.45) is 0 Å². The van der Waals surface area contributed by atoms with Gasteiger partial charge in [0, 0.05) is 17.9 Å². The predicted octanol–water partition coefficient (Wildman–Crippen LogP) is 3.61. The summed E-state index contributed by atoms with van der Waals surface area (Å²) in [5.74, 6) is -0.231. The average Bonchev–Trinajstić information content (AvgIpc) is 2.84. The number of nitrogens with one attached hydrogen (secondary N) is 1. The van der Waals surface area contributed by atoms with Crippen LogP contribution >= 0.6 is 0 Å². The van der Waals surface area contributed by atoms with Gasteiger partial charge in [-0.1, -0.05) is 13.0 Å². The normalized spacial score (nSPS) is 12.4. The molecule has 1 unspecified atom stereocenters. The zero-order chi connectivity index (χ0) is 13.0. The van der Waals surface area contributed by atoms with Crippen LogP contribution in [0.1, 0.15) is 32.0 Å². The number of nitrogens with zero attached hydrogens (tertiary/aromatic N) is 2. The first-order chi connectivity index (χ1) is 8.69. The molecule has 1 aromatic carbocycles. The first kappa shape index (κ1) is 12.6. The zero-order valence-corrected chi connectivity index (χ0v) is 10.7. The molecule has 0 saturated carbocycles. The number of aromatic nitrogens is 2. The van der Waals surface area contributed by atoms with Crippen molar-refractivity contribution in [2.75, 3.05) is 5.32 Å². The zero-order valence-electron chi connectivity index (χ0n) is 10.7. The van der Waals surface area contributed by atoms with E-state index in [0.717, 1.165) is 17.8 Å². The first-order valence-electron chi connectivity index (χ1n) is 6.22. The van der Waals surface area contributed by atoms with E-state index in [4.69, 9.17) is 0 Å². The lowest BCUT2D eigenvalue weighted by atomic mass is 10.3. The second-order valence-electron chi connectivity index (χ2n) is 4.41.